The van der Waals surface area contributed by atoms with Gasteiger partial charge >= 0.3 is 5.97 Å². The number of aliphatic carboxylic acids is 1. The second-order valence-electron chi connectivity index (χ2n) is 7.25. The summed E-state index contributed by atoms with van der Waals surface area (Å²) >= 11 is 0. The van der Waals surface area contributed by atoms with Crippen molar-refractivity contribution in [2.24, 2.45) is 0 Å². The molecule has 3 rings (SSSR count). The normalized spacial score (nSPS) is 13.1. The molecular weight excluding hydrogens is 330 g/mol. The van der Waals surface area contributed by atoms with Crippen molar-refractivity contribution in [1.82, 2.24) is 14.7 Å². The smallest absolute Gasteiger partial charge is 0.323 e. The van der Waals surface area contributed by atoms with Crippen molar-refractivity contribution in [3.8, 4) is 5.69 Å². The van der Waals surface area contributed by atoms with Crippen molar-refractivity contribution in [2.45, 2.75) is 53.0 Å². The molecule has 2 aromatic rings. The molecule has 0 radical (unpaired) electrons. The van der Waals surface area contributed by atoms with Gasteiger partial charge in [0, 0.05) is 17.3 Å². The van der Waals surface area contributed by atoms with E-state index in [-0.39, 0.29) is 18.5 Å². The largest absolute Gasteiger partial charge is 0.480 e. The molecule has 0 atom stereocenters. The van der Waals surface area contributed by atoms with Crippen LogP contribution in [0.2, 0.25) is 0 Å². The van der Waals surface area contributed by atoms with E-state index in [1.807, 2.05) is 44.5 Å². The zero-order chi connectivity index (χ0) is 19.0. The summed E-state index contributed by atoms with van der Waals surface area (Å²) in [5, 5.41) is 13.8. The summed E-state index contributed by atoms with van der Waals surface area (Å²) in [4.78, 5) is 25.6. The molecule has 26 heavy (non-hydrogen) atoms. The van der Waals surface area contributed by atoms with Gasteiger partial charge in [0.2, 0.25) is 0 Å². The Balaban J connectivity index is 2.07. The SMILES string of the molecule is Cc1ccc(-n2nc(C(=O)N(CC(=O)O)C(C)C)c3c2CCC3)c(C)c1. The third-order valence-electron chi connectivity index (χ3n) is 4.90. The van der Waals surface area contributed by atoms with Gasteiger partial charge in [0.15, 0.2) is 5.69 Å². The fourth-order valence-corrected chi connectivity index (χ4v) is 3.62. The first kappa shape index (κ1) is 18.2. The maximum Gasteiger partial charge on any atom is 0.323 e. The molecule has 1 aromatic heterocycles. The van der Waals surface area contributed by atoms with Gasteiger partial charge in [-0.05, 0) is 58.6 Å². The first-order chi connectivity index (χ1) is 12.3. The Kier molecular flexibility index (Phi) is 4.85. The molecular formula is C20H25N3O3. The Morgan fingerprint density at radius 3 is 2.62 bits per heavy atom. The zero-order valence-electron chi connectivity index (χ0n) is 15.7. The molecule has 1 aliphatic rings. The molecule has 0 aliphatic heterocycles. The average molecular weight is 355 g/mol. The lowest BCUT2D eigenvalue weighted by Crippen LogP contribution is -2.41. The van der Waals surface area contributed by atoms with Gasteiger partial charge in [-0.2, -0.15) is 5.10 Å². The number of fused-ring (bicyclic) bond motifs is 1. The van der Waals surface area contributed by atoms with Gasteiger partial charge in [-0.25, -0.2) is 4.68 Å². The predicted molar refractivity (Wildman–Crippen MR) is 98.9 cm³/mol. The van der Waals surface area contributed by atoms with Crippen LogP contribution in [-0.4, -0.2) is 44.3 Å². The van der Waals surface area contributed by atoms with E-state index in [1.165, 1.54) is 10.5 Å². The van der Waals surface area contributed by atoms with E-state index in [9.17, 15) is 9.59 Å². The van der Waals surface area contributed by atoms with Crippen LogP contribution in [0, 0.1) is 13.8 Å². The van der Waals surface area contributed by atoms with Crippen LogP contribution >= 0.6 is 0 Å². The number of hydrogen-bond donors (Lipinski definition) is 1. The number of carboxylic acids is 1. The van der Waals surface area contributed by atoms with E-state index in [2.05, 4.69) is 11.2 Å². The summed E-state index contributed by atoms with van der Waals surface area (Å²) < 4.78 is 1.88. The summed E-state index contributed by atoms with van der Waals surface area (Å²) in [5.74, 6) is -1.32. The molecule has 0 fully saturated rings. The molecule has 0 bridgehead atoms. The monoisotopic (exact) mass is 355 g/mol. The van der Waals surface area contributed by atoms with Gasteiger partial charge in [0.05, 0.1) is 5.69 Å². The minimum atomic E-state index is -1.02. The lowest BCUT2D eigenvalue weighted by Gasteiger charge is -2.24. The molecule has 0 spiro atoms. The van der Waals surface area contributed by atoms with Gasteiger partial charge in [-0.15, -0.1) is 0 Å². The van der Waals surface area contributed by atoms with Crippen molar-refractivity contribution >= 4 is 11.9 Å². The molecule has 6 heteroatoms. The van der Waals surface area contributed by atoms with Crippen molar-refractivity contribution in [3.63, 3.8) is 0 Å². The Hall–Kier alpha value is -2.63. The number of carbonyl (C=O) groups excluding carboxylic acids is 1. The van der Waals surface area contributed by atoms with Crippen molar-refractivity contribution in [1.29, 1.82) is 0 Å². The van der Waals surface area contributed by atoms with Gasteiger partial charge in [0.25, 0.3) is 5.91 Å². The average Bonchev–Trinajstić information content (AvgIpc) is 3.14. The molecule has 0 saturated carbocycles. The molecule has 6 nitrogen and oxygen atoms in total. The van der Waals surface area contributed by atoms with Crippen LogP contribution in [-0.2, 0) is 17.6 Å². The number of nitrogens with zero attached hydrogens (tertiary/aromatic N) is 3. The lowest BCUT2D eigenvalue weighted by atomic mass is 10.1. The molecule has 0 unspecified atom stereocenters. The van der Waals surface area contributed by atoms with Crippen LogP contribution in [0.15, 0.2) is 18.2 Å². The minimum Gasteiger partial charge on any atom is -0.480 e. The standard InChI is InChI=1S/C20H25N3O3/c1-12(2)22(11-18(24)25)20(26)19-15-6-5-7-17(15)23(21-19)16-9-8-13(3)10-14(16)4/h8-10,12H,5-7,11H2,1-4H3,(H,24,25). The van der Waals surface area contributed by atoms with Gasteiger partial charge in [0.1, 0.15) is 6.54 Å². The summed E-state index contributed by atoms with van der Waals surface area (Å²) in [6.45, 7) is 7.41. The summed E-state index contributed by atoms with van der Waals surface area (Å²) in [6, 6.07) is 5.96. The molecule has 1 heterocycles. The summed E-state index contributed by atoms with van der Waals surface area (Å²) in [7, 11) is 0. The highest BCUT2D eigenvalue weighted by atomic mass is 16.4. The van der Waals surface area contributed by atoms with E-state index in [1.54, 1.807) is 0 Å². The van der Waals surface area contributed by atoms with Crippen molar-refractivity contribution in [3.05, 3.63) is 46.3 Å². The number of rotatable bonds is 5. The molecule has 1 aliphatic carbocycles. The van der Waals surface area contributed by atoms with Gasteiger partial charge < -0.3 is 10.0 Å². The number of amides is 1. The predicted octanol–water partition coefficient (Wildman–Crippen LogP) is 2.91. The van der Waals surface area contributed by atoms with Crippen LogP contribution in [0.1, 0.15) is 53.1 Å². The third-order valence-corrected chi connectivity index (χ3v) is 4.90. The number of benzene rings is 1. The highest BCUT2D eigenvalue weighted by molar-refractivity contribution is 5.96. The summed E-state index contributed by atoms with van der Waals surface area (Å²) in [6.07, 6.45) is 2.67. The second kappa shape index (κ2) is 6.94. The van der Waals surface area contributed by atoms with E-state index in [0.717, 1.165) is 41.8 Å². The molecule has 1 N–H and O–H groups in total. The summed E-state index contributed by atoms with van der Waals surface area (Å²) in [5.41, 5.74) is 5.69. The Morgan fingerprint density at radius 2 is 2.00 bits per heavy atom. The first-order valence-corrected chi connectivity index (χ1v) is 9.00. The fourth-order valence-electron chi connectivity index (χ4n) is 3.62. The Labute approximate surface area is 153 Å². The molecule has 1 amide bonds. The third kappa shape index (κ3) is 3.23. The van der Waals surface area contributed by atoms with E-state index in [4.69, 9.17) is 5.11 Å². The van der Waals surface area contributed by atoms with Crippen molar-refractivity contribution < 1.29 is 14.7 Å². The van der Waals surface area contributed by atoms with Gasteiger partial charge in [-0.1, -0.05) is 17.7 Å². The van der Waals surface area contributed by atoms with Crippen LogP contribution in [0.4, 0.5) is 0 Å². The fraction of sp³-hybridized carbons (Fsp3) is 0.450. The Bertz CT molecular complexity index is 867. The van der Waals surface area contributed by atoms with E-state index < -0.39 is 5.97 Å². The molecule has 1 aromatic carbocycles. The van der Waals surface area contributed by atoms with E-state index in [0.29, 0.717) is 5.69 Å². The topological polar surface area (TPSA) is 75.4 Å². The highest BCUT2D eigenvalue weighted by Gasteiger charge is 2.31. The van der Waals surface area contributed by atoms with Crippen LogP contribution < -0.4 is 0 Å². The number of aromatic nitrogens is 2. The number of aryl methyl sites for hydroxylation is 2. The second-order valence-corrected chi connectivity index (χ2v) is 7.25. The molecule has 138 valence electrons. The maximum atomic E-state index is 13.1. The van der Waals surface area contributed by atoms with E-state index >= 15 is 0 Å². The first-order valence-electron chi connectivity index (χ1n) is 9.00. The van der Waals surface area contributed by atoms with Crippen LogP contribution in [0.5, 0.6) is 0 Å². The molecule has 0 saturated heterocycles. The van der Waals surface area contributed by atoms with Crippen LogP contribution in [0.25, 0.3) is 5.69 Å². The number of hydrogen-bond acceptors (Lipinski definition) is 3. The van der Waals surface area contributed by atoms with Gasteiger partial charge in [-0.3, -0.25) is 9.59 Å². The van der Waals surface area contributed by atoms with Crippen LogP contribution in [0.3, 0.4) is 0 Å². The minimum absolute atomic E-state index is 0.207. The number of carbonyl (C=O) groups is 2. The lowest BCUT2D eigenvalue weighted by molar-refractivity contribution is -0.138. The maximum absolute atomic E-state index is 13.1. The van der Waals surface area contributed by atoms with Crippen molar-refractivity contribution in [2.75, 3.05) is 6.54 Å². The zero-order valence-corrected chi connectivity index (χ0v) is 15.7. The highest BCUT2D eigenvalue weighted by Crippen LogP contribution is 2.30. The number of carboxylic acid groups (broad SMARTS) is 1. The quantitative estimate of drug-likeness (QED) is 0.895. The Morgan fingerprint density at radius 1 is 1.27 bits per heavy atom.